The van der Waals surface area contributed by atoms with Gasteiger partial charge in [-0.1, -0.05) is 12.1 Å². The molecule has 4 aromatic rings. The van der Waals surface area contributed by atoms with Gasteiger partial charge in [0.25, 0.3) is 5.56 Å². The lowest BCUT2D eigenvalue weighted by Crippen LogP contribution is -2.38. The number of piperidine rings is 1. The lowest BCUT2D eigenvalue weighted by molar-refractivity contribution is -0.138. The van der Waals surface area contributed by atoms with Crippen molar-refractivity contribution in [2.24, 2.45) is 0 Å². The number of halogens is 4. The Labute approximate surface area is 204 Å². The number of pyridine rings is 2. The minimum Gasteiger partial charge on any atom is -0.367 e. The predicted molar refractivity (Wildman–Crippen MR) is 127 cm³/mol. The molecule has 0 unspecified atom stereocenters. The summed E-state index contributed by atoms with van der Waals surface area (Å²) in [5.41, 5.74) is 0.857. The van der Waals surface area contributed by atoms with Crippen LogP contribution in [0, 0.1) is 12.7 Å². The molecule has 0 spiro atoms. The van der Waals surface area contributed by atoms with Crippen molar-refractivity contribution in [1.82, 2.24) is 19.5 Å². The molecule has 1 aliphatic rings. The van der Waals surface area contributed by atoms with Gasteiger partial charge in [-0.3, -0.25) is 19.3 Å². The minimum atomic E-state index is -4.61. The van der Waals surface area contributed by atoms with Crippen molar-refractivity contribution in [3.63, 3.8) is 0 Å². The Hall–Kier alpha value is -3.82. The van der Waals surface area contributed by atoms with Gasteiger partial charge >= 0.3 is 6.18 Å². The Balaban J connectivity index is 1.51. The molecule has 186 valence electrons. The fourth-order valence-electron chi connectivity index (χ4n) is 4.99. The second kappa shape index (κ2) is 9.33. The predicted octanol–water partition coefficient (Wildman–Crippen LogP) is 5.09. The van der Waals surface area contributed by atoms with Crippen molar-refractivity contribution in [2.45, 2.75) is 38.4 Å². The Kier molecular flexibility index (Phi) is 6.19. The SMILES string of the molecule is Cc1cccc(F)c1C1CCN(c2cc3nccnc3n(Cc3ncccc3C(F)(F)F)c2=O)CC1. The highest BCUT2D eigenvalue weighted by Crippen LogP contribution is 2.34. The second-order valence-corrected chi connectivity index (χ2v) is 8.91. The highest BCUT2D eigenvalue weighted by molar-refractivity contribution is 5.75. The first-order valence-electron chi connectivity index (χ1n) is 11.6. The van der Waals surface area contributed by atoms with Crippen LogP contribution in [0.3, 0.4) is 0 Å². The number of anilines is 1. The number of benzene rings is 1. The Bertz CT molecular complexity index is 1460. The van der Waals surface area contributed by atoms with Crippen LogP contribution >= 0.6 is 0 Å². The highest BCUT2D eigenvalue weighted by atomic mass is 19.4. The Morgan fingerprint density at radius 3 is 2.47 bits per heavy atom. The molecule has 0 atom stereocenters. The lowest BCUT2D eigenvalue weighted by Gasteiger charge is -2.34. The van der Waals surface area contributed by atoms with E-state index in [9.17, 15) is 22.4 Å². The maximum Gasteiger partial charge on any atom is 0.418 e. The van der Waals surface area contributed by atoms with E-state index in [4.69, 9.17) is 0 Å². The van der Waals surface area contributed by atoms with Crippen LogP contribution in [0.1, 0.15) is 41.1 Å². The molecule has 36 heavy (non-hydrogen) atoms. The second-order valence-electron chi connectivity index (χ2n) is 8.91. The number of hydrogen-bond acceptors (Lipinski definition) is 5. The van der Waals surface area contributed by atoms with Crippen molar-refractivity contribution in [1.29, 1.82) is 0 Å². The first kappa shape index (κ1) is 23.9. The quantitative estimate of drug-likeness (QED) is 0.368. The molecule has 10 heteroatoms. The van der Waals surface area contributed by atoms with Gasteiger partial charge in [-0.2, -0.15) is 13.2 Å². The molecule has 0 bridgehead atoms. The number of nitrogens with zero attached hydrogens (tertiary/aromatic N) is 5. The summed E-state index contributed by atoms with van der Waals surface area (Å²) in [5.74, 6) is -0.208. The molecule has 6 nitrogen and oxygen atoms in total. The van der Waals surface area contributed by atoms with Gasteiger partial charge in [0.05, 0.1) is 17.8 Å². The van der Waals surface area contributed by atoms with E-state index in [2.05, 4.69) is 15.0 Å². The van der Waals surface area contributed by atoms with E-state index in [-0.39, 0.29) is 23.1 Å². The summed E-state index contributed by atoms with van der Waals surface area (Å²) in [6.45, 7) is 2.48. The largest absolute Gasteiger partial charge is 0.418 e. The Morgan fingerprint density at radius 2 is 1.75 bits per heavy atom. The molecule has 0 amide bonds. The maximum atomic E-state index is 14.5. The van der Waals surface area contributed by atoms with Crippen molar-refractivity contribution >= 4 is 16.9 Å². The summed E-state index contributed by atoms with van der Waals surface area (Å²) in [4.78, 5) is 27.9. The number of alkyl halides is 3. The van der Waals surface area contributed by atoms with E-state index in [1.165, 1.54) is 35.3 Å². The normalized spacial score (nSPS) is 15.0. The minimum absolute atomic E-state index is 0.0211. The summed E-state index contributed by atoms with van der Waals surface area (Å²) >= 11 is 0. The molecule has 0 aliphatic carbocycles. The first-order valence-corrected chi connectivity index (χ1v) is 11.6. The standard InChI is InChI=1S/C26H23F4N5O/c1-16-4-2-6-19(27)23(16)17-7-12-34(13-8-17)22-14-20-24(33-11-10-32-20)35(25(22)36)15-21-18(26(28,29)30)5-3-9-31-21/h2-6,9-11,14,17H,7-8,12-13,15H2,1H3. The number of rotatable bonds is 4. The van der Waals surface area contributed by atoms with Crippen LogP contribution in [0.5, 0.6) is 0 Å². The molecule has 1 aliphatic heterocycles. The van der Waals surface area contributed by atoms with Crippen molar-refractivity contribution in [3.05, 3.63) is 93.5 Å². The first-order chi connectivity index (χ1) is 17.2. The van der Waals surface area contributed by atoms with Gasteiger partial charge in [0, 0.05) is 31.7 Å². The number of aromatic nitrogens is 4. The van der Waals surface area contributed by atoms with Crippen LogP contribution in [0.15, 0.2) is 59.8 Å². The zero-order valence-electron chi connectivity index (χ0n) is 19.5. The summed E-state index contributed by atoms with van der Waals surface area (Å²) in [6.07, 6.45) is 0.789. The molecule has 0 saturated carbocycles. The number of fused-ring (bicyclic) bond motifs is 1. The third kappa shape index (κ3) is 4.43. The van der Waals surface area contributed by atoms with Gasteiger partial charge in [-0.25, -0.2) is 9.37 Å². The van der Waals surface area contributed by atoms with Gasteiger partial charge in [-0.05, 0) is 61.1 Å². The summed E-state index contributed by atoms with van der Waals surface area (Å²) < 4.78 is 56.4. The van der Waals surface area contributed by atoms with Crippen molar-refractivity contribution in [2.75, 3.05) is 18.0 Å². The van der Waals surface area contributed by atoms with E-state index in [1.54, 1.807) is 12.1 Å². The summed E-state index contributed by atoms with van der Waals surface area (Å²) in [5, 5.41) is 0. The lowest BCUT2D eigenvalue weighted by atomic mass is 9.86. The van der Waals surface area contributed by atoms with Crippen LogP contribution in [0.25, 0.3) is 11.2 Å². The van der Waals surface area contributed by atoms with Crippen molar-refractivity contribution in [3.8, 4) is 0 Å². The third-order valence-electron chi connectivity index (χ3n) is 6.72. The van der Waals surface area contributed by atoms with Crippen LogP contribution in [0.2, 0.25) is 0 Å². The van der Waals surface area contributed by atoms with Gasteiger partial charge in [-0.15, -0.1) is 0 Å². The topological polar surface area (TPSA) is 63.9 Å². The zero-order valence-corrected chi connectivity index (χ0v) is 19.5. The van der Waals surface area contributed by atoms with Crippen LogP contribution < -0.4 is 10.5 Å². The molecule has 1 aromatic carbocycles. The van der Waals surface area contributed by atoms with Crippen LogP contribution in [-0.2, 0) is 12.7 Å². The molecule has 1 fully saturated rings. The molecule has 4 heterocycles. The maximum absolute atomic E-state index is 14.5. The molecule has 0 radical (unpaired) electrons. The number of hydrogen-bond donors (Lipinski definition) is 0. The fourth-order valence-corrected chi connectivity index (χ4v) is 4.99. The molecular weight excluding hydrogens is 474 g/mol. The molecule has 3 aromatic heterocycles. The smallest absolute Gasteiger partial charge is 0.367 e. The molecule has 0 N–H and O–H groups in total. The van der Waals surface area contributed by atoms with Gasteiger partial charge in [0.15, 0.2) is 5.65 Å². The van der Waals surface area contributed by atoms with Gasteiger partial charge < -0.3 is 4.90 Å². The van der Waals surface area contributed by atoms with E-state index in [0.29, 0.717) is 42.7 Å². The van der Waals surface area contributed by atoms with Gasteiger partial charge in [0.1, 0.15) is 17.0 Å². The van der Waals surface area contributed by atoms with E-state index in [0.717, 1.165) is 11.6 Å². The highest BCUT2D eigenvalue weighted by Gasteiger charge is 2.34. The summed E-state index contributed by atoms with van der Waals surface area (Å²) in [6, 6.07) is 8.82. The average Bonchev–Trinajstić information content (AvgIpc) is 2.86. The average molecular weight is 497 g/mol. The van der Waals surface area contributed by atoms with Crippen molar-refractivity contribution < 1.29 is 17.6 Å². The third-order valence-corrected chi connectivity index (χ3v) is 6.72. The van der Waals surface area contributed by atoms with Crippen LogP contribution in [0.4, 0.5) is 23.2 Å². The molecular formula is C26H23F4N5O. The number of aryl methyl sites for hydroxylation is 1. The Morgan fingerprint density at radius 1 is 1.00 bits per heavy atom. The molecule has 1 saturated heterocycles. The fraction of sp³-hybridized carbons (Fsp3) is 0.308. The van der Waals surface area contributed by atoms with E-state index < -0.39 is 23.8 Å². The zero-order chi connectivity index (χ0) is 25.4. The summed E-state index contributed by atoms with van der Waals surface area (Å²) in [7, 11) is 0. The van der Waals surface area contributed by atoms with E-state index in [1.807, 2.05) is 17.9 Å². The molecule has 5 rings (SSSR count). The monoisotopic (exact) mass is 497 g/mol. The van der Waals surface area contributed by atoms with E-state index >= 15 is 0 Å². The van der Waals surface area contributed by atoms with Gasteiger partial charge in [0.2, 0.25) is 0 Å². The van der Waals surface area contributed by atoms with Crippen LogP contribution in [-0.4, -0.2) is 32.6 Å².